The number of rotatable bonds is 10. The van der Waals surface area contributed by atoms with Gasteiger partial charge in [-0.15, -0.1) is 33.3 Å². The number of hydrogen-bond acceptors (Lipinski definition) is 15. The highest BCUT2D eigenvalue weighted by atomic mass is 32.2. The van der Waals surface area contributed by atoms with E-state index in [4.69, 9.17) is 16.4 Å². The summed E-state index contributed by atoms with van der Waals surface area (Å²) in [5.41, 5.74) is 7.71. The number of nitrogens with two attached hydrogens (primary N) is 2. The van der Waals surface area contributed by atoms with E-state index in [2.05, 4.69) is 25.7 Å². The van der Waals surface area contributed by atoms with Gasteiger partial charge >= 0.3 is 5.97 Å². The van der Waals surface area contributed by atoms with Gasteiger partial charge in [0.1, 0.15) is 28.0 Å². The van der Waals surface area contributed by atoms with Gasteiger partial charge in [-0.2, -0.15) is 0 Å². The number of nitrogens with one attached hydrogen (secondary N) is 2. The number of amides is 3. The number of anilines is 1. The van der Waals surface area contributed by atoms with Crippen molar-refractivity contribution in [3.05, 3.63) is 16.6 Å². The van der Waals surface area contributed by atoms with Crippen LogP contribution in [0, 0.1) is 5.41 Å². The lowest BCUT2D eigenvalue weighted by molar-refractivity contribution is -0.157. The summed E-state index contributed by atoms with van der Waals surface area (Å²) in [5, 5.41) is 25.1. The highest BCUT2D eigenvalue weighted by Crippen LogP contribution is 2.44. The summed E-state index contributed by atoms with van der Waals surface area (Å²) in [4.78, 5) is 59.6. The Labute approximate surface area is 219 Å². The number of carbonyl (C=O) groups is 4. The van der Waals surface area contributed by atoms with Crippen molar-refractivity contribution in [2.75, 3.05) is 30.4 Å². The van der Waals surface area contributed by atoms with E-state index in [-0.39, 0.29) is 34.6 Å². The molecule has 36 heavy (non-hydrogen) atoms. The number of carboxylic acids is 1. The van der Waals surface area contributed by atoms with Gasteiger partial charge < -0.3 is 25.9 Å². The molecule has 15 nitrogen and oxygen atoms in total. The maximum atomic E-state index is 13.0. The van der Waals surface area contributed by atoms with Gasteiger partial charge in [-0.05, 0) is 0 Å². The highest BCUT2D eigenvalue weighted by molar-refractivity contribution is 8.01. The molecular formula is C17H19N9O6S4. The van der Waals surface area contributed by atoms with Gasteiger partial charge in [0.05, 0.1) is 0 Å². The summed E-state index contributed by atoms with van der Waals surface area (Å²) in [6, 6.07) is -0.904. The number of thiazole rings is 1. The Morgan fingerprint density at radius 1 is 1.39 bits per heavy atom. The summed E-state index contributed by atoms with van der Waals surface area (Å²) >= 11 is 4.92. The molecule has 0 aliphatic carbocycles. The fraction of sp³-hybridized carbons (Fsp3) is 0.412. The highest BCUT2D eigenvalue weighted by Gasteiger charge is 2.57. The Hall–Kier alpha value is -3.00. The number of aliphatic carboxylic acids is 1. The van der Waals surface area contributed by atoms with Crippen molar-refractivity contribution in [1.82, 2.24) is 30.8 Å². The number of hydrazine groups is 1. The zero-order valence-electron chi connectivity index (χ0n) is 18.2. The maximum Gasteiger partial charge on any atom is 0.313 e. The normalized spacial score (nSPS) is 23.4. The second-order valence-electron chi connectivity index (χ2n) is 7.55. The Morgan fingerprint density at radius 2 is 2.19 bits per heavy atom. The lowest BCUT2D eigenvalue weighted by atomic mass is 9.89. The first-order valence-corrected chi connectivity index (χ1v) is 13.8. The molecule has 2 aromatic rings. The topological polar surface area (TPSA) is 228 Å². The van der Waals surface area contributed by atoms with E-state index < -0.39 is 47.1 Å². The van der Waals surface area contributed by atoms with Gasteiger partial charge in [0, 0.05) is 23.4 Å². The van der Waals surface area contributed by atoms with Gasteiger partial charge in [-0.25, -0.2) is 10.8 Å². The van der Waals surface area contributed by atoms with Crippen LogP contribution >= 0.6 is 46.2 Å². The molecule has 4 rings (SSSR count). The van der Waals surface area contributed by atoms with E-state index >= 15 is 0 Å². The Balaban J connectivity index is 1.43. The fourth-order valence-electron chi connectivity index (χ4n) is 3.34. The van der Waals surface area contributed by atoms with Crippen molar-refractivity contribution in [2.45, 2.75) is 15.8 Å². The van der Waals surface area contributed by atoms with Crippen LogP contribution in [0.25, 0.3) is 0 Å². The number of β-lactam (4-membered cyclic amide) rings is 1. The summed E-state index contributed by atoms with van der Waals surface area (Å²) < 4.78 is 0.642. The molecule has 0 radical (unpaired) electrons. The van der Waals surface area contributed by atoms with Crippen LogP contribution in [-0.4, -0.2) is 90.7 Å². The molecule has 2 aromatic heterocycles. The number of carboxylic acid groups (broad SMARTS) is 1. The lowest BCUT2D eigenvalue weighted by Crippen LogP contribution is -2.74. The summed E-state index contributed by atoms with van der Waals surface area (Å²) in [6.07, 6.45) is 0. The number of carbonyl (C=O) groups excluding carboxylic acids is 3. The smallest absolute Gasteiger partial charge is 0.313 e. The molecule has 0 aromatic carbocycles. The Kier molecular flexibility index (Phi) is 7.93. The number of nitrogens with zero attached hydrogens (tertiary/aromatic N) is 5. The molecule has 192 valence electrons. The van der Waals surface area contributed by atoms with Crippen molar-refractivity contribution in [3.8, 4) is 0 Å². The van der Waals surface area contributed by atoms with Crippen LogP contribution in [0.2, 0.25) is 0 Å². The van der Waals surface area contributed by atoms with Crippen LogP contribution < -0.4 is 22.3 Å². The second-order valence-corrected chi connectivity index (χ2v) is 11.6. The zero-order valence-corrected chi connectivity index (χ0v) is 21.4. The first-order valence-electron chi connectivity index (χ1n) is 10.00. The minimum Gasteiger partial charge on any atom is -0.481 e. The molecule has 0 bridgehead atoms. The molecule has 2 fully saturated rings. The molecule has 3 atom stereocenters. The minimum absolute atomic E-state index is 0.00210. The number of thioether (sulfide) groups is 2. The first kappa shape index (κ1) is 26.1. The Morgan fingerprint density at radius 3 is 2.83 bits per heavy atom. The predicted molar refractivity (Wildman–Crippen MR) is 132 cm³/mol. The van der Waals surface area contributed by atoms with E-state index in [1.54, 1.807) is 5.51 Å². The molecule has 2 aliphatic heterocycles. The van der Waals surface area contributed by atoms with Crippen molar-refractivity contribution >= 4 is 80.7 Å². The average molecular weight is 574 g/mol. The monoisotopic (exact) mass is 573 g/mol. The average Bonchev–Trinajstić information content (AvgIpc) is 3.55. The third kappa shape index (κ3) is 5.38. The molecule has 0 saturated carbocycles. The summed E-state index contributed by atoms with van der Waals surface area (Å²) in [6.45, 7) is -0.550. The van der Waals surface area contributed by atoms with Crippen LogP contribution in [0.15, 0.2) is 20.4 Å². The third-order valence-corrected chi connectivity index (χ3v) is 9.60. The number of oxime groups is 1. The molecule has 7 N–H and O–H groups in total. The quantitative estimate of drug-likeness (QED) is 0.0548. The second kappa shape index (κ2) is 10.9. The van der Waals surface area contributed by atoms with E-state index in [0.717, 1.165) is 11.3 Å². The summed E-state index contributed by atoms with van der Waals surface area (Å²) in [5.74, 6) is 2.56. The maximum absolute atomic E-state index is 13.0. The zero-order chi connectivity index (χ0) is 25.9. The largest absolute Gasteiger partial charge is 0.481 e. The molecular weight excluding hydrogens is 555 g/mol. The standard InChI is InChI=1S/C17H19N9O6S4/c18-15-21-7(2-33-15)9(25-32-1-8(27)23-19)11(28)22-10-12(29)26-3-17(14(30)31,4-34-13(10)26)5-35-16-24-20-6-36-16/h2,6,10,13H,1,3-5,19H2,(H2,18,21)(H,22,28)(H,23,27)(H,30,31)/t10?,13-,17?/m1/s1. The minimum atomic E-state index is -1.18. The van der Waals surface area contributed by atoms with E-state index in [0.29, 0.717) is 4.34 Å². The summed E-state index contributed by atoms with van der Waals surface area (Å²) in [7, 11) is 0. The van der Waals surface area contributed by atoms with Gasteiger partial charge in [0.15, 0.2) is 21.8 Å². The molecule has 19 heteroatoms. The molecule has 0 spiro atoms. The molecule has 4 heterocycles. The third-order valence-electron chi connectivity index (χ3n) is 5.19. The van der Waals surface area contributed by atoms with Crippen LogP contribution in [0.3, 0.4) is 0 Å². The SMILES string of the molecule is NNC(=O)CON=C(C(=O)NC1C(=O)N2CC(CSc3nncs3)(C(=O)O)CS[C@H]12)c1csc(N)n1. The predicted octanol–water partition coefficient (Wildman–Crippen LogP) is -1.45. The van der Waals surface area contributed by atoms with Crippen LogP contribution in [-0.2, 0) is 24.0 Å². The van der Waals surface area contributed by atoms with E-state index in [1.165, 1.54) is 45.1 Å². The van der Waals surface area contributed by atoms with Crippen molar-refractivity contribution < 1.29 is 29.1 Å². The number of hydrogen-bond donors (Lipinski definition) is 5. The molecule has 2 saturated heterocycles. The number of fused-ring (bicyclic) bond motifs is 1. The molecule has 3 amide bonds. The van der Waals surface area contributed by atoms with Gasteiger partial charge in [-0.3, -0.25) is 24.6 Å². The lowest BCUT2D eigenvalue weighted by Gasteiger charge is -2.53. The van der Waals surface area contributed by atoms with Gasteiger partial charge in [-0.1, -0.05) is 28.3 Å². The number of nitrogen functional groups attached to an aromatic ring is 1. The van der Waals surface area contributed by atoms with Crippen molar-refractivity contribution in [3.63, 3.8) is 0 Å². The molecule has 2 unspecified atom stereocenters. The Bertz CT molecular complexity index is 1190. The fourth-order valence-corrected chi connectivity index (χ4v) is 7.24. The van der Waals surface area contributed by atoms with Gasteiger partial charge in [0.2, 0.25) is 5.91 Å². The van der Waals surface area contributed by atoms with Gasteiger partial charge in [0.25, 0.3) is 11.8 Å². The van der Waals surface area contributed by atoms with Crippen LogP contribution in [0.1, 0.15) is 5.69 Å². The van der Waals surface area contributed by atoms with E-state index in [9.17, 15) is 24.3 Å². The van der Waals surface area contributed by atoms with Crippen LogP contribution in [0.4, 0.5) is 5.13 Å². The van der Waals surface area contributed by atoms with E-state index in [1.807, 2.05) is 5.43 Å². The van der Waals surface area contributed by atoms with Crippen molar-refractivity contribution in [2.24, 2.45) is 16.4 Å². The molecule has 2 aliphatic rings. The van der Waals surface area contributed by atoms with Crippen LogP contribution in [0.5, 0.6) is 0 Å². The first-order chi connectivity index (χ1) is 17.2. The van der Waals surface area contributed by atoms with Crippen molar-refractivity contribution in [1.29, 1.82) is 0 Å². The number of aromatic nitrogens is 3.